The third-order valence-electron chi connectivity index (χ3n) is 4.27. The van der Waals surface area contributed by atoms with Crippen molar-refractivity contribution in [2.45, 2.75) is 45.4 Å². The second-order valence-corrected chi connectivity index (χ2v) is 5.54. The van der Waals surface area contributed by atoms with Crippen molar-refractivity contribution in [3.63, 3.8) is 0 Å². The molecule has 1 aromatic heterocycles. The first-order valence-electron chi connectivity index (χ1n) is 7.41. The van der Waals surface area contributed by atoms with Crippen LogP contribution in [0.1, 0.15) is 43.9 Å². The van der Waals surface area contributed by atoms with Crippen molar-refractivity contribution in [1.29, 1.82) is 0 Å². The lowest BCUT2D eigenvalue weighted by molar-refractivity contribution is -0.124. The van der Waals surface area contributed by atoms with Crippen molar-refractivity contribution >= 4 is 5.78 Å². The lowest BCUT2D eigenvalue weighted by atomic mass is 9.76. The molecule has 1 aromatic rings. The number of carbonyl (C=O) groups is 1. The predicted octanol–water partition coefficient (Wildman–Crippen LogP) is 2.52. The van der Waals surface area contributed by atoms with E-state index in [1.165, 1.54) is 12.0 Å². The lowest BCUT2D eigenvalue weighted by Crippen LogP contribution is -2.33. The zero-order valence-corrected chi connectivity index (χ0v) is 11.8. The maximum atomic E-state index is 12.4. The van der Waals surface area contributed by atoms with Crippen LogP contribution in [-0.2, 0) is 17.6 Å². The Hall–Kier alpha value is -1.22. The van der Waals surface area contributed by atoms with Gasteiger partial charge in [-0.1, -0.05) is 25.8 Å². The molecule has 19 heavy (non-hydrogen) atoms. The van der Waals surface area contributed by atoms with E-state index in [1.54, 1.807) is 0 Å². The highest BCUT2D eigenvalue weighted by atomic mass is 16.1. The highest BCUT2D eigenvalue weighted by molar-refractivity contribution is 5.83. The van der Waals surface area contributed by atoms with E-state index in [1.807, 2.05) is 12.3 Å². The third-order valence-corrected chi connectivity index (χ3v) is 4.27. The first kappa shape index (κ1) is 14.2. The summed E-state index contributed by atoms with van der Waals surface area (Å²) in [6.07, 6.45) is 7.82. The van der Waals surface area contributed by atoms with Gasteiger partial charge in [0, 0.05) is 24.2 Å². The van der Waals surface area contributed by atoms with Crippen LogP contribution in [-0.4, -0.2) is 17.3 Å². The Morgan fingerprint density at radius 2 is 2.16 bits per heavy atom. The van der Waals surface area contributed by atoms with Gasteiger partial charge < -0.3 is 5.73 Å². The molecule has 0 spiro atoms. The van der Waals surface area contributed by atoms with Crippen LogP contribution in [0.2, 0.25) is 0 Å². The molecule has 1 heterocycles. The molecule has 3 nitrogen and oxygen atoms in total. The van der Waals surface area contributed by atoms with Crippen LogP contribution < -0.4 is 5.73 Å². The van der Waals surface area contributed by atoms with Gasteiger partial charge in [-0.05, 0) is 43.4 Å². The van der Waals surface area contributed by atoms with E-state index in [0.29, 0.717) is 24.7 Å². The van der Waals surface area contributed by atoms with Crippen molar-refractivity contribution < 1.29 is 4.79 Å². The molecular formula is C16H24N2O. The smallest absolute Gasteiger partial charge is 0.142 e. The molecule has 3 heteroatoms. The third kappa shape index (κ3) is 3.63. The minimum atomic E-state index is 0.159. The Morgan fingerprint density at radius 3 is 2.79 bits per heavy atom. The van der Waals surface area contributed by atoms with E-state index < -0.39 is 0 Å². The van der Waals surface area contributed by atoms with E-state index in [-0.39, 0.29) is 5.92 Å². The minimum Gasteiger partial charge on any atom is -0.330 e. The van der Waals surface area contributed by atoms with Gasteiger partial charge >= 0.3 is 0 Å². The van der Waals surface area contributed by atoms with Crippen LogP contribution in [0, 0.1) is 11.8 Å². The Kier molecular flexibility index (Phi) is 5.08. The van der Waals surface area contributed by atoms with Crippen LogP contribution in [0.15, 0.2) is 18.3 Å². The maximum absolute atomic E-state index is 12.4. The normalized spacial score (nSPS) is 23.3. The zero-order valence-electron chi connectivity index (χ0n) is 11.8. The Labute approximate surface area is 115 Å². The van der Waals surface area contributed by atoms with E-state index >= 15 is 0 Å². The van der Waals surface area contributed by atoms with Gasteiger partial charge in [0.1, 0.15) is 5.78 Å². The molecule has 2 unspecified atom stereocenters. The average molecular weight is 260 g/mol. The molecule has 0 bridgehead atoms. The maximum Gasteiger partial charge on any atom is 0.142 e. The molecule has 104 valence electrons. The number of carbonyl (C=O) groups excluding carboxylic acids is 1. The zero-order chi connectivity index (χ0) is 13.7. The summed E-state index contributed by atoms with van der Waals surface area (Å²) in [7, 11) is 0. The number of nitrogens with two attached hydrogens (primary N) is 1. The number of ketones is 1. The number of Topliss-reactive ketones (excluding diaryl/α,β-unsaturated/α-hetero) is 1. The fourth-order valence-electron chi connectivity index (χ4n) is 2.99. The van der Waals surface area contributed by atoms with Crippen molar-refractivity contribution in [2.75, 3.05) is 6.54 Å². The van der Waals surface area contributed by atoms with Crippen molar-refractivity contribution in [1.82, 2.24) is 4.98 Å². The van der Waals surface area contributed by atoms with Gasteiger partial charge in [-0.25, -0.2) is 0 Å². The predicted molar refractivity (Wildman–Crippen MR) is 76.8 cm³/mol. The number of aromatic nitrogens is 1. The first-order valence-corrected chi connectivity index (χ1v) is 7.41. The van der Waals surface area contributed by atoms with Crippen LogP contribution in [0.3, 0.4) is 0 Å². The van der Waals surface area contributed by atoms with Crippen molar-refractivity contribution in [3.8, 4) is 0 Å². The Morgan fingerprint density at radius 1 is 1.37 bits per heavy atom. The van der Waals surface area contributed by atoms with Gasteiger partial charge in [-0.3, -0.25) is 9.78 Å². The van der Waals surface area contributed by atoms with Gasteiger partial charge in [0.2, 0.25) is 0 Å². The number of nitrogens with zero attached hydrogens (tertiary/aromatic N) is 1. The molecule has 2 atom stereocenters. The molecule has 2 rings (SSSR count). The van der Waals surface area contributed by atoms with Gasteiger partial charge in [-0.15, -0.1) is 0 Å². The average Bonchev–Trinajstić information content (AvgIpc) is 2.48. The molecule has 0 aromatic carbocycles. The summed E-state index contributed by atoms with van der Waals surface area (Å²) in [6, 6.07) is 4.05. The molecular weight excluding hydrogens is 236 g/mol. The summed E-state index contributed by atoms with van der Waals surface area (Å²) in [5, 5.41) is 0. The van der Waals surface area contributed by atoms with Crippen LogP contribution >= 0.6 is 0 Å². The molecule has 1 fully saturated rings. The van der Waals surface area contributed by atoms with E-state index in [9.17, 15) is 4.79 Å². The number of hydrogen-bond acceptors (Lipinski definition) is 3. The number of aryl methyl sites for hydroxylation is 1. The Bertz CT molecular complexity index is 413. The molecule has 0 amide bonds. The second kappa shape index (κ2) is 6.80. The molecule has 0 aliphatic heterocycles. The summed E-state index contributed by atoms with van der Waals surface area (Å²) in [6.45, 7) is 2.74. The topological polar surface area (TPSA) is 56.0 Å². The number of pyridine rings is 1. The van der Waals surface area contributed by atoms with Gasteiger partial charge in [0.15, 0.2) is 0 Å². The molecule has 0 radical (unpaired) electrons. The fourth-order valence-corrected chi connectivity index (χ4v) is 2.99. The highest BCUT2D eigenvalue weighted by Gasteiger charge is 2.29. The van der Waals surface area contributed by atoms with Gasteiger partial charge in [-0.2, -0.15) is 0 Å². The number of hydrogen-bond donors (Lipinski definition) is 1. The van der Waals surface area contributed by atoms with Crippen molar-refractivity contribution in [2.24, 2.45) is 17.6 Å². The monoisotopic (exact) mass is 260 g/mol. The lowest BCUT2D eigenvalue weighted by Gasteiger charge is -2.29. The van der Waals surface area contributed by atoms with Crippen LogP contribution in [0.5, 0.6) is 0 Å². The van der Waals surface area contributed by atoms with Crippen molar-refractivity contribution in [3.05, 3.63) is 29.6 Å². The summed E-state index contributed by atoms with van der Waals surface area (Å²) in [5.74, 6) is 0.870. The highest BCUT2D eigenvalue weighted by Crippen LogP contribution is 2.30. The Balaban J connectivity index is 1.98. The summed E-state index contributed by atoms with van der Waals surface area (Å²) in [4.78, 5) is 16.8. The molecule has 1 aliphatic carbocycles. The molecule has 0 saturated heterocycles. The van der Waals surface area contributed by atoms with E-state index in [0.717, 1.165) is 31.4 Å². The first-order chi connectivity index (χ1) is 9.24. The summed E-state index contributed by atoms with van der Waals surface area (Å²) >= 11 is 0. The molecule has 2 N–H and O–H groups in total. The van der Waals surface area contributed by atoms with E-state index in [4.69, 9.17) is 5.73 Å². The summed E-state index contributed by atoms with van der Waals surface area (Å²) in [5.41, 5.74) is 7.90. The SMILES string of the molecule is CCc1ccc(CC(=O)C2CCCCC2CN)nc1. The quantitative estimate of drug-likeness (QED) is 0.885. The largest absolute Gasteiger partial charge is 0.330 e. The molecule has 1 aliphatic rings. The second-order valence-electron chi connectivity index (χ2n) is 5.54. The standard InChI is InChI=1S/C16H24N2O/c1-2-12-7-8-14(18-11-12)9-16(19)15-6-4-3-5-13(15)10-17/h7-8,11,13,15H,2-6,9-10,17H2,1H3. The minimum absolute atomic E-state index is 0.159. The van der Waals surface area contributed by atoms with E-state index in [2.05, 4.69) is 18.0 Å². The summed E-state index contributed by atoms with van der Waals surface area (Å²) < 4.78 is 0. The van der Waals surface area contributed by atoms with Gasteiger partial charge in [0.25, 0.3) is 0 Å². The van der Waals surface area contributed by atoms with Crippen LogP contribution in [0.4, 0.5) is 0 Å². The van der Waals surface area contributed by atoms with Crippen LogP contribution in [0.25, 0.3) is 0 Å². The molecule has 1 saturated carbocycles. The van der Waals surface area contributed by atoms with Gasteiger partial charge in [0.05, 0.1) is 0 Å². The fraction of sp³-hybridized carbons (Fsp3) is 0.625. The number of rotatable bonds is 5.